The minimum Gasteiger partial charge on any atom is -0.480 e. The smallest absolute Gasteiger partial charge is 0.410 e. The van der Waals surface area contributed by atoms with Crippen molar-refractivity contribution in [2.75, 3.05) is 20.2 Å². The highest BCUT2D eigenvalue weighted by atomic mass is 16.6. The van der Waals surface area contributed by atoms with E-state index in [1.807, 2.05) is 27.7 Å². The van der Waals surface area contributed by atoms with Crippen molar-refractivity contribution in [3.63, 3.8) is 0 Å². The fourth-order valence-corrected chi connectivity index (χ4v) is 2.73. The SMILES string of the molecule is COc1n[nH]c(C)c1C1CCN(C(=O)OC(C)(C)C)CC1. The summed E-state index contributed by atoms with van der Waals surface area (Å²) in [6, 6.07) is 0. The number of carbonyl (C=O) groups is 1. The Hall–Kier alpha value is -1.72. The first kappa shape index (κ1) is 15.7. The third-order valence-electron chi connectivity index (χ3n) is 3.71. The molecule has 1 N–H and O–H groups in total. The van der Waals surface area contributed by atoms with E-state index in [0.717, 1.165) is 24.1 Å². The molecule has 0 spiro atoms. The Kier molecular flexibility index (Phi) is 4.44. The molecular weight excluding hydrogens is 270 g/mol. The maximum Gasteiger partial charge on any atom is 0.410 e. The molecule has 6 nitrogen and oxygen atoms in total. The number of aromatic nitrogens is 2. The van der Waals surface area contributed by atoms with Crippen molar-refractivity contribution in [2.45, 2.75) is 52.1 Å². The minimum atomic E-state index is -0.446. The third kappa shape index (κ3) is 3.68. The highest BCUT2D eigenvalue weighted by Gasteiger charge is 2.30. The van der Waals surface area contributed by atoms with Gasteiger partial charge in [-0.15, -0.1) is 5.10 Å². The summed E-state index contributed by atoms with van der Waals surface area (Å²) in [6.07, 6.45) is 1.57. The first-order valence-corrected chi connectivity index (χ1v) is 7.38. The van der Waals surface area contributed by atoms with Crippen LogP contribution in [0, 0.1) is 6.92 Å². The average Bonchev–Trinajstić information content (AvgIpc) is 2.78. The Balaban J connectivity index is 1.97. The van der Waals surface area contributed by atoms with Crippen LogP contribution >= 0.6 is 0 Å². The van der Waals surface area contributed by atoms with Crippen molar-refractivity contribution in [3.05, 3.63) is 11.3 Å². The molecule has 0 unspecified atom stereocenters. The normalized spacial score (nSPS) is 16.9. The van der Waals surface area contributed by atoms with Crippen LogP contribution in [0.1, 0.15) is 50.8 Å². The number of carbonyl (C=O) groups excluding carboxylic acids is 1. The molecular formula is C15H25N3O3. The molecule has 1 fully saturated rings. The standard InChI is InChI=1S/C15H25N3O3/c1-10-12(13(20-5)17-16-10)11-6-8-18(9-7-11)14(19)21-15(2,3)4/h11H,6-9H2,1-5H3,(H,16,17). The first-order valence-electron chi connectivity index (χ1n) is 7.38. The maximum atomic E-state index is 12.1. The maximum absolute atomic E-state index is 12.1. The molecule has 1 aliphatic rings. The zero-order chi connectivity index (χ0) is 15.6. The Morgan fingerprint density at radius 1 is 1.33 bits per heavy atom. The van der Waals surface area contributed by atoms with Gasteiger partial charge >= 0.3 is 6.09 Å². The van der Waals surface area contributed by atoms with Gasteiger partial charge in [0.15, 0.2) is 0 Å². The summed E-state index contributed by atoms with van der Waals surface area (Å²) >= 11 is 0. The van der Waals surface area contributed by atoms with E-state index in [4.69, 9.17) is 9.47 Å². The molecule has 1 aromatic heterocycles. The van der Waals surface area contributed by atoms with Gasteiger partial charge in [-0.25, -0.2) is 4.79 Å². The molecule has 2 rings (SSSR count). The summed E-state index contributed by atoms with van der Waals surface area (Å²) in [5.74, 6) is 1.04. The number of amides is 1. The van der Waals surface area contributed by atoms with Gasteiger partial charge in [-0.2, -0.15) is 0 Å². The topological polar surface area (TPSA) is 67.5 Å². The van der Waals surface area contributed by atoms with Crippen molar-refractivity contribution in [1.29, 1.82) is 0 Å². The number of H-pyrrole nitrogens is 1. The van der Waals surface area contributed by atoms with E-state index < -0.39 is 5.60 Å². The van der Waals surface area contributed by atoms with E-state index in [1.165, 1.54) is 0 Å². The number of aryl methyl sites for hydroxylation is 1. The molecule has 1 aromatic rings. The van der Waals surface area contributed by atoms with Gasteiger partial charge in [0.2, 0.25) is 5.88 Å². The van der Waals surface area contributed by atoms with Gasteiger partial charge < -0.3 is 14.4 Å². The number of hydrogen-bond acceptors (Lipinski definition) is 4. The zero-order valence-corrected chi connectivity index (χ0v) is 13.5. The van der Waals surface area contributed by atoms with E-state index in [-0.39, 0.29) is 6.09 Å². The van der Waals surface area contributed by atoms with Gasteiger partial charge in [0.05, 0.1) is 7.11 Å². The second-order valence-corrected chi connectivity index (χ2v) is 6.51. The average molecular weight is 295 g/mol. The Morgan fingerprint density at radius 3 is 2.48 bits per heavy atom. The summed E-state index contributed by atoms with van der Waals surface area (Å²) in [5, 5.41) is 7.13. The van der Waals surface area contributed by atoms with Crippen LogP contribution in [-0.2, 0) is 4.74 Å². The number of nitrogens with zero attached hydrogens (tertiary/aromatic N) is 2. The van der Waals surface area contributed by atoms with Crippen LogP contribution in [0.4, 0.5) is 4.79 Å². The first-order chi connectivity index (χ1) is 9.81. The second-order valence-electron chi connectivity index (χ2n) is 6.51. The van der Waals surface area contributed by atoms with E-state index in [1.54, 1.807) is 12.0 Å². The van der Waals surface area contributed by atoms with Crippen LogP contribution in [0.15, 0.2) is 0 Å². The van der Waals surface area contributed by atoms with E-state index in [2.05, 4.69) is 10.2 Å². The van der Waals surface area contributed by atoms with Gasteiger partial charge in [-0.3, -0.25) is 5.10 Å². The number of nitrogens with one attached hydrogen (secondary N) is 1. The van der Waals surface area contributed by atoms with Crippen LogP contribution in [0.2, 0.25) is 0 Å². The highest BCUT2D eigenvalue weighted by molar-refractivity contribution is 5.68. The van der Waals surface area contributed by atoms with Crippen LogP contribution in [0.25, 0.3) is 0 Å². The summed E-state index contributed by atoms with van der Waals surface area (Å²) in [6.45, 7) is 9.07. The fourth-order valence-electron chi connectivity index (χ4n) is 2.73. The van der Waals surface area contributed by atoms with E-state index in [9.17, 15) is 4.79 Å². The van der Waals surface area contributed by atoms with Crippen molar-refractivity contribution < 1.29 is 14.3 Å². The number of rotatable bonds is 2. The summed E-state index contributed by atoms with van der Waals surface area (Å²) in [4.78, 5) is 13.8. The lowest BCUT2D eigenvalue weighted by Crippen LogP contribution is -2.41. The molecule has 1 saturated heterocycles. The number of hydrogen-bond donors (Lipinski definition) is 1. The van der Waals surface area contributed by atoms with Gasteiger partial charge in [-0.1, -0.05) is 0 Å². The molecule has 1 amide bonds. The fraction of sp³-hybridized carbons (Fsp3) is 0.733. The zero-order valence-electron chi connectivity index (χ0n) is 13.5. The van der Waals surface area contributed by atoms with Crippen molar-refractivity contribution in [1.82, 2.24) is 15.1 Å². The lowest BCUT2D eigenvalue weighted by molar-refractivity contribution is 0.0204. The lowest BCUT2D eigenvalue weighted by atomic mass is 9.89. The quantitative estimate of drug-likeness (QED) is 0.911. The number of likely N-dealkylation sites (tertiary alicyclic amines) is 1. The number of aromatic amines is 1. The van der Waals surface area contributed by atoms with Crippen LogP contribution < -0.4 is 4.74 Å². The molecule has 0 saturated carbocycles. The number of piperidine rings is 1. The molecule has 0 radical (unpaired) electrons. The molecule has 0 atom stereocenters. The molecule has 0 aliphatic carbocycles. The minimum absolute atomic E-state index is 0.225. The molecule has 21 heavy (non-hydrogen) atoms. The van der Waals surface area contributed by atoms with Crippen LogP contribution in [-0.4, -0.2) is 47.0 Å². The van der Waals surface area contributed by atoms with Crippen molar-refractivity contribution >= 4 is 6.09 Å². The Morgan fingerprint density at radius 2 is 1.95 bits per heavy atom. The number of methoxy groups -OCH3 is 1. The third-order valence-corrected chi connectivity index (χ3v) is 3.71. The molecule has 2 heterocycles. The predicted octanol–water partition coefficient (Wildman–Crippen LogP) is 2.84. The lowest BCUT2D eigenvalue weighted by Gasteiger charge is -2.33. The molecule has 118 valence electrons. The largest absolute Gasteiger partial charge is 0.480 e. The predicted molar refractivity (Wildman–Crippen MR) is 79.7 cm³/mol. The number of ether oxygens (including phenoxy) is 2. The Bertz CT molecular complexity index is 497. The molecule has 0 bridgehead atoms. The summed E-state index contributed by atoms with van der Waals surface area (Å²) in [7, 11) is 1.63. The van der Waals surface area contributed by atoms with Crippen molar-refractivity contribution in [3.8, 4) is 5.88 Å². The van der Waals surface area contributed by atoms with Gasteiger partial charge in [0.1, 0.15) is 5.60 Å². The van der Waals surface area contributed by atoms with Gasteiger partial charge in [0, 0.05) is 24.3 Å². The van der Waals surface area contributed by atoms with Crippen LogP contribution in [0.5, 0.6) is 5.88 Å². The van der Waals surface area contributed by atoms with Gasteiger partial charge in [-0.05, 0) is 46.5 Å². The van der Waals surface area contributed by atoms with Crippen LogP contribution in [0.3, 0.4) is 0 Å². The molecule has 0 aromatic carbocycles. The van der Waals surface area contributed by atoms with Gasteiger partial charge in [0.25, 0.3) is 0 Å². The Labute approximate surface area is 125 Å². The second kappa shape index (κ2) is 5.95. The summed E-state index contributed by atoms with van der Waals surface area (Å²) in [5.41, 5.74) is 1.74. The van der Waals surface area contributed by atoms with E-state index in [0.29, 0.717) is 24.9 Å². The molecule has 6 heteroatoms. The highest BCUT2D eigenvalue weighted by Crippen LogP contribution is 2.35. The summed E-state index contributed by atoms with van der Waals surface area (Å²) < 4.78 is 10.7. The van der Waals surface area contributed by atoms with E-state index >= 15 is 0 Å². The van der Waals surface area contributed by atoms with Crippen molar-refractivity contribution in [2.24, 2.45) is 0 Å². The molecule has 1 aliphatic heterocycles. The monoisotopic (exact) mass is 295 g/mol.